The number of anilines is 1. The van der Waals surface area contributed by atoms with Crippen molar-refractivity contribution in [1.82, 2.24) is 9.88 Å². The Labute approximate surface area is 201 Å². The van der Waals surface area contributed by atoms with Gasteiger partial charge in [0, 0.05) is 16.9 Å². The second-order valence-corrected chi connectivity index (χ2v) is 9.76. The number of halogens is 2. The first-order valence-corrected chi connectivity index (χ1v) is 12.1. The van der Waals surface area contributed by atoms with E-state index < -0.39 is 11.6 Å². The number of nitrogens with one attached hydrogen (secondary N) is 1. The lowest BCUT2D eigenvalue weighted by molar-refractivity contribution is -0.117. The molecule has 0 saturated carbocycles. The normalized spacial score (nSPS) is 14.9. The lowest BCUT2D eigenvalue weighted by Crippen LogP contribution is -2.40. The Kier molecular flexibility index (Phi) is 7.19. The highest BCUT2D eigenvalue weighted by Crippen LogP contribution is 2.31. The van der Waals surface area contributed by atoms with E-state index in [1.807, 2.05) is 10.3 Å². The van der Waals surface area contributed by atoms with Gasteiger partial charge in [-0.2, -0.15) is 0 Å². The molecular formula is C26H27F2N3O2S. The molecule has 34 heavy (non-hydrogen) atoms. The lowest BCUT2D eigenvalue weighted by atomic mass is 9.88. The number of Topliss-reactive ketones (excluding diaryl/α,β-unsaturated/α-hetero) is 1. The van der Waals surface area contributed by atoms with E-state index in [-0.39, 0.29) is 29.7 Å². The highest BCUT2D eigenvalue weighted by Gasteiger charge is 2.28. The summed E-state index contributed by atoms with van der Waals surface area (Å²) >= 11 is 1.39. The minimum atomic E-state index is -0.702. The van der Waals surface area contributed by atoms with Crippen LogP contribution in [-0.2, 0) is 4.79 Å². The van der Waals surface area contributed by atoms with Crippen LogP contribution in [-0.4, -0.2) is 41.2 Å². The van der Waals surface area contributed by atoms with Crippen molar-refractivity contribution in [3.05, 3.63) is 69.6 Å². The van der Waals surface area contributed by atoms with Crippen LogP contribution in [0.15, 0.2) is 35.7 Å². The maximum absolute atomic E-state index is 13.9. The number of piperidine rings is 1. The molecule has 5 nitrogen and oxygen atoms in total. The van der Waals surface area contributed by atoms with Crippen molar-refractivity contribution in [2.75, 3.05) is 25.0 Å². The van der Waals surface area contributed by atoms with Crippen LogP contribution in [0.1, 0.15) is 39.9 Å². The van der Waals surface area contributed by atoms with Crippen LogP contribution in [0.25, 0.3) is 11.3 Å². The number of nitrogens with zero attached hydrogens (tertiary/aromatic N) is 2. The Balaban J connectivity index is 1.31. The molecule has 0 aliphatic carbocycles. The summed E-state index contributed by atoms with van der Waals surface area (Å²) in [6.07, 6.45) is 0.991. The number of rotatable bonds is 6. The molecule has 1 aliphatic heterocycles. The number of benzene rings is 2. The van der Waals surface area contributed by atoms with Crippen molar-refractivity contribution in [3.63, 3.8) is 0 Å². The van der Waals surface area contributed by atoms with Crippen LogP contribution < -0.4 is 5.32 Å². The van der Waals surface area contributed by atoms with Gasteiger partial charge in [0.2, 0.25) is 5.91 Å². The second-order valence-electron chi connectivity index (χ2n) is 8.90. The predicted molar refractivity (Wildman–Crippen MR) is 130 cm³/mol. The Morgan fingerprint density at radius 2 is 1.76 bits per heavy atom. The van der Waals surface area contributed by atoms with Gasteiger partial charge in [-0.1, -0.05) is 17.7 Å². The van der Waals surface area contributed by atoms with Crippen LogP contribution in [0.5, 0.6) is 0 Å². The highest BCUT2D eigenvalue weighted by atomic mass is 32.1. The largest absolute Gasteiger partial charge is 0.301 e. The summed E-state index contributed by atoms with van der Waals surface area (Å²) in [5.74, 6) is -2.25. The topological polar surface area (TPSA) is 62.3 Å². The summed E-state index contributed by atoms with van der Waals surface area (Å²) in [4.78, 5) is 31.8. The number of carbonyl (C=O) groups excluding carboxylic acids is 2. The maximum atomic E-state index is 13.9. The van der Waals surface area contributed by atoms with Gasteiger partial charge in [0.15, 0.2) is 10.9 Å². The molecule has 0 spiro atoms. The van der Waals surface area contributed by atoms with Crippen molar-refractivity contribution in [2.45, 2.75) is 33.6 Å². The molecule has 3 aromatic rings. The SMILES string of the molecule is Cc1cc(C)c(-c2csc(NC(=O)CN3CCC(C(=O)c4cc(F)ccc4F)CC3)n2)c(C)c1. The molecule has 178 valence electrons. The number of carbonyl (C=O) groups is 2. The third-order valence-electron chi connectivity index (χ3n) is 6.20. The molecular weight excluding hydrogens is 456 g/mol. The van der Waals surface area contributed by atoms with Crippen molar-refractivity contribution in [2.24, 2.45) is 5.92 Å². The molecule has 1 N–H and O–H groups in total. The predicted octanol–water partition coefficient (Wildman–Crippen LogP) is 5.55. The van der Waals surface area contributed by atoms with Crippen molar-refractivity contribution < 1.29 is 18.4 Å². The summed E-state index contributed by atoms with van der Waals surface area (Å²) < 4.78 is 27.4. The van der Waals surface area contributed by atoms with Crippen molar-refractivity contribution in [3.8, 4) is 11.3 Å². The first kappa shape index (κ1) is 24.2. The fourth-order valence-electron chi connectivity index (χ4n) is 4.65. The summed E-state index contributed by atoms with van der Waals surface area (Å²) in [6.45, 7) is 7.44. The average Bonchev–Trinajstić information content (AvgIpc) is 3.22. The van der Waals surface area contributed by atoms with Crippen LogP contribution in [0.4, 0.5) is 13.9 Å². The molecule has 1 fully saturated rings. The number of likely N-dealkylation sites (tertiary alicyclic amines) is 1. The molecule has 1 aromatic heterocycles. The second kappa shape index (κ2) is 10.1. The van der Waals surface area contributed by atoms with Gasteiger partial charge in [-0.3, -0.25) is 14.5 Å². The van der Waals surface area contributed by atoms with Gasteiger partial charge in [-0.15, -0.1) is 11.3 Å². The van der Waals surface area contributed by atoms with Crippen LogP contribution in [0.3, 0.4) is 0 Å². The first-order chi connectivity index (χ1) is 16.2. The molecule has 8 heteroatoms. The number of amides is 1. The fourth-order valence-corrected chi connectivity index (χ4v) is 5.37. The summed E-state index contributed by atoms with van der Waals surface area (Å²) in [6, 6.07) is 7.18. The van der Waals surface area contributed by atoms with E-state index in [2.05, 4.69) is 43.2 Å². The van der Waals surface area contributed by atoms with Gasteiger partial charge in [0.1, 0.15) is 11.6 Å². The number of hydrogen-bond acceptors (Lipinski definition) is 5. The van der Waals surface area contributed by atoms with Gasteiger partial charge < -0.3 is 5.32 Å². The summed E-state index contributed by atoms with van der Waals surface area (Å²) in [5, 5.41) is 5.37. The Morgan fingerprint density at radius 3 is 2.44 bits per heavy atom. The van der Waals surface area contributed by atoms with Crippen molar-refractivity contribution in [1.29, 1.82) is 0 Å². The van der Waals surface area contributed by atoms with E-state index in [0.29, 0.717) is 31.1 Å². The Morgan fingerprint density at radius 1 is 1.09 bits per heavy atom. The zero-order valence-corrected chi connectivity index (χ0v) is 20.3. The van der Waals surface area contributed by atoms with Crippen molar-refractivity contribution >= 4 is 28.2 Å². The van der Waals surface area contributed by atoms with Crippen LogP contribution >= 0.6 is 11.3 Å². The molecule has 0 bridgehead atoms. The minimum absolute atomic E-state index is 0.167. The number of aromatic nitrogens is 1. The van der Waals surface area contributed by atoms with E-state index in [0.717, 1.165) is 40.6 Å². The fraction of sp³-hybridized carbons (Fsp3) is 0.346. The summed E-state index contributed by atoms with van der Waals surface area (Å²) in [5.41, 5.74) is 5.24. The molecule has 2 aromatic carbocycles. The number of hydrogen-bond donors (Lipinski definition) is 1. The minimum Gasteiger partial charge on any atom is -0.301 e. The number of thiazole rings is 1. The molecule has 1 saturated heterocycles. The third-order valence-corrected chi connectivity index (χ3v) is 6.96. The van der Waals surface area contributed by atoms with E-state index >= 15 is 0 Å². The van der Waals surface area contributed by atoms with Gasteiger partial charge in [0.25, 0.3) is 0 Å². The highest BCUT2D eigenvalue weighted by molar-refractivity contribution is 7.14. The lowest BCUT2D eigenvalue weighted by Gasteiger charge is -2.30. The molecule has 0 radical (unpaired) electrons. The zero-order chi connectivity index (χ0) is 24.4. The van der Waals surface area contributed by atoms with E-state index in [4.69, 9.17) is 0 Å². The van der Waals surface area contributed by atoms with E-state index in [1.165, 1.54) is 16.9 Å². The molecule has 1 aliphatic rings. The van der Waals surface area contributed by atoms with Gasteiger partial charge in [-0.25, -0.2) is 13.8 Å². The Hall–Kier alpha value is -2.97. The quantitative estimate of drug-likeness (QED) is 0.467. The average molecular weight is 484 g/mol. The molecule has 0 unspecified atom stereocenters. The van der Waals surface area contributed by atoms with Gasteiger partial charge >= 0.3 is 0 Å². The first-order valence-electron chi connectivity index (χ1n) is 11.3. The van der Waals surface area contributed by atoms with E-state index in [1.54, 1.807) is 0 Å². The standard InChI is InChI=1S/C26H27F2N3O2S/c1-15-10-16(2)24(17(3)11-15)22-14-34-26(29-22)30-23(32)13-31-8-6-18(7-9-31)25(33)20-12-19(27)4-5-21(20)28/h4-5,10-12,14,18H,6-9,13H2,1-3H3,(H,29,30,32). The molecule has 2 heterocycles. The van der Waals surface area contributed by atoms with E-state index in [9.17, 15) is 18.4 Å². The molecule has 4 rings (SSSR count). The van der Waals surface area contributed by atoms with Crippen LogP contribution in [0, 0.1) is 38.3 Å². The monoisotopic (exact) mass is 483 g/mol. The zero-order valence-electron chi connectivity index (χ0n) is 19.5. The number of ketones is 1. The van der Waals surface area contributed by atoms with Gasteiger partial charge in [-0.05, 0) is 76.0 Å². The van der Waals surface area contributed by atoms with Crippen LogP contribution in [0.2, 0.25) is 0 Å². The third kappa shape index (κ3) is 5.39. The smallest absolute Gasteiger partial charge is 0.240 e. The molecule has 1 amide bonds. The Bertz CT molecular complexity index is 1210. The summed E-state index contributed by atoms with van der Waals surface area (Å²) in [7, 11) is 0. The van der Waals surface area contributed by atoms with Gasteiger partial charge in [0.05, 0.1) is 17.8 Å². The number of aryl methyl sites for hydroxylation is 3. The molecule has 0 atom stereocenters. The maximum Gasteiger partial charge on any atom is 0.240 e.